The van der Waals surface area contributed by atoms with Crippen molar-refractivity contribution >= 4 is 40.6 Å². The quantitative estimate of drug-likeness (QED) is 0.0593. The molecule has 0 fully saturated rings. The Morgan fingerprint density at radius 3 is 2.39 bits per heavy atom. The summed E-state index contributed by atoms with van der Waals surface area (Å²) in [7, 11) is 0. The summed E-state index contributed by atoms with van der Waals surface area (Å²) in [5.41, 5.74) is 19.1. The molecule has 0 bridgehead atoms. The van der Waals surface area contributed by atoms with Gasteiger partial charge >= 0.3 is 5.97 Å². The number of aromatic amines is 2. The number of aliphatic imine (C=N–C) groups is 1. The first kappa shape index (κ1) is 30.6. The van der Waals surface area contributed by atoms with Crippen LogP contribution in [0.1, 0.15) is 31.0 Å². The van der Waals surface area contributed by atoms with E-state index in [1.54, 1.807) is 12.4 Å². The SMILES string of the molecule is CC(NC(=O)C(CCCN=C(N)N)NC(=O)C(Cc1c[nH]c2ccccc12)NC(=O)C(N)Cc1cnc[nH]1)C(=O)O. The van der Waals surface area contributed by atoms with E-state index in [-0.39, 0.29) is 31.8 Å². The third-order valence-corrected chi connectivity index (χ3v) is 6.37. The van der Waals surface area contributed by atoms with Crippen molar-refractivity contribution in [2.24, 2.45) is 22.2 Å². The second-order valence-corrected chi connectivity index (χ2v) is 9.59. The third kappa shape index (κ3) is 9.06. The molecule has 0 radical (unpaired) electrons. The molecule has 0 saturated carbocycles. The molecule has 3 aromatic rings. The summed E-state index contributed by atoms with van der Waals surface area (Å²) >= 11 is 0. The van der Waals surface area contributed by atoms with Gasteiger partial charge in [0.2, 0.25) is 17.7 Å². The first-order valence-electron chi connectivity index (χ1n) is 13.0. The molecule has 15 nitrogen and oxygen atoms in total. The maximum atomic E-state index is 13.6. The minimum Gasteiger partial charge on any atom is -0.480 e. The predicted molar refractivity (Wildman–Crippen MR) is 151 cm³/mol. The van der Waals surface area contributed by atoms with E-state index in [2.05, 4.69) is 35.9 Å². The van der Waals surface area contributed by atoms with Gasteiger partial charge in [-0.05, 0) is 31.4 Å². The Balaban J connectivity index is 1.81. The van der Waals surface area contributed by atoms with Gasteiger partial charge in [0.05, 0.1) is 12.4 Å². The molecule has 41 heavy (non-hydrogen) atoms. The number of imidazole rings is 1. The van der Waals surface area contributed by atoms with Crippen LogP contribution >= 0.6 is 0 Å². The number of hydrogen-bond acceptors (Lipinski definition) is 7. The van der Waals surface area contributed by atoms with Crippen LogP contribution < -0.4 is 33.2 Å². The number of carboxylic acid groups (broad SMARTS) is 1. The van der Waals surface area contributed by atoms with Gasteiger partial charge in [-0.2, -0.15) is 0 Å². The predicted octanol–water partition coefficient (Wildman–Crippen LogP) is -1.38. The number of amides is 3. The molecular formula is C26H36N10O5. The van der Waals surface area contributed by atoms with E-state index in [1.165, 1.54) is 13.3 Å². The Morgan fingerprint density at radius 1 is 1.00 bits per heavy atom. The van der Waals surface area contributed by atoms with Crippen molar-refractivity contribution in [1.29, 1.82) is 0 Å². The van der Waals surface area contributed by atoms with Crippen molar-refractivity contribution < 1.29 is 24.3 Å². The largest absolute Gasteiger partial charge is 0.480 e. The lowest BCUT2D eigenvalue weighted by Gasteiger charge is -2.24. The van der Waals surface area contributed by atoms with Gasteiger partial charge in [0.25, 0.3) is 0 Å². The number of H-pyrrole nitrogens is 2. The summed E-state index contributed by atoms with van der Waals surface area (Å²) in [5, 5.41) is 17.8. The van der Waals surface area contributed by atoms with E-state index < -0.39 is 47.9 Å². The Labute approximate surface area is 235 Å². The summed E-state index contributed by atoms with van der Waals surface area (Å²) in [6.45, 7) is 1.49. The molecule has 0 aliphatic heterocycles. The molecule has 0 aliphatic carbocycles. The summed E-state index contributed by atoms with van der Waals surface area (Å²) < 4.78 is 0. The Hall–Kier alpha value is -4.92. The molecule has 0 saturated heterocycles. The van der Waals surface area contributed by atoms with E-state index >= 15 is 0 Å². The summed E-state index contributed by atoms with van der Waals surface area (Å²) in [5.74, 6) is -3.29. The number of nitrogens with two attached hydrogens (primary N) is 3. The zero-order valence-electron chi connectivity index (χ0n) is 22.6. The standard InChI is InChI=1S/C26H36N10O5/c1-14(25(40)41)34-23(38)20(7-4-8-31-26(28)29)35-24(39)21(9-15-11-32-19-6-3-2-5-17(15)19)36-22(37)18(27)10-16-12-30-13-33-16/h2-3,5-6,11-14,18,20-21,32H,4,7-10,27H2,1H3,(H,30,33)(H,34,38)(H,35,39)(H,36,37)(H,40,41)(H4,28,29,31). The van der Waals surface area contributed by atoms with E-state index in [0.717, 1.165) is 16.5 Å². The molecule has 4 atom stereocenters. The fraction of sp³-hybridized carbons (Fsp3) is 0.385. The number of aliphatic carboxylic acids is 1. The molecule has 15 heteroatoms. The minimum atomic E-state index is -1.24. The molecule has 3 amide bonds. The van der Waals surface area contributed by atoms with Crippen LogP contribution in [0.2, 0.25) is 0 Å². The van der Waals surface area contributed by atoms with Crippen molar-refractivity contribution in [2.75, 3.05) is 6.54 Å². The van der Waals surface area contributed by atoms with Crippen LogP contribution in [0.5, 0.6) is 0 Å². The maximum absolute atomic E-state index is 13.6. The van der Waals surface area contributed by atoms with Crippen LogP contribution in [0, 0.1) is 0 Å². The lowest BCUT2D eigenvalue weighted by molar-refractivity contribution is -0.141. The zero-order valence-corrected chi connectivity index (χ0v) is 22.6. The monoisotopic (exact) mass is 568 g/mol. The highest BCUT2D eigenvalue weighted by Gasteiger charge is 2.30. The number of para-hydroxylation sites is 1. The van der Waals surface area contributed by atoms with Gasteiger partial charge in [-0.15, -0.1) is 0 Å². The minimum absolute atomic E-state index is 0.0895. The number of nitrogens with one attached hydrogen (secondary N) is 5. The second kappa shape index (κ2) is 14.5. The van der Waals surface area contributed by atoms with Crippen LogP contribution in [0.3, 0.4) is 0 Å². The number of nitrogens with zero attached hydrogens (tertiary/aromatic N) is 2. The van der Waals surface area contributed by atoms with Crippen molar-refractivity contribution in [3.63, 3.8) is 0 Å². The molecular weight excluding hydrogens is 532 g/mol. The number of carboxylic acids is 1. The molecule has 12 N–H and O–H groups in total. The highest BCUT2D eigenvalue weighted by molar-refractivity contribution is 5.95. The smallest absolute Gasteiger partial charge is 0.325 e. The second-order valence-electron chi connectivity index (χ2n) is 9.59. The highest BCUT2D eigenvalue weighted by atomic mass is 16.4. The first-order chi connectivity index (χ1) is 19.5. The molecule has 2 heterocycles. The van der Waals surface area contributed by atoms with Gasteiger partial charge in [-0.3, -0.25) is 24.2 Å². The summed E-state index contributed by atoms with van der Waals surface area (Å²) in [6, 6.07) is 3.08. The number of guanidine groups is 1. The average molecular weight is 569 g/mol. The third-order valence-electron chi connectivity index (χ3n) is 6.37. The fourth-order valence-electron chi connectivity index (χ4n) is 4.15. The van der Waals surface area contributed by atoms with Crippen LogP contribution in [0.25, 0.3) is 10.9 Å². The van der Waals surface area contributed by atoms with Gasteiger partial charge in [-0.25, -0.2) is 4.98 Å². The van der Waals surface area contributed by atoms with Crippen molar-refractivity contribution in [3.05, 3.63) is 54.2 Å². The number of fused-ring (bicyclic) bond motifs is 1. The van der Waals surface area contributed by atoms with E-state index in [4.69, 9.17) is 17.2 Å². The lowest BCUT2D eigenvalue weighted by Crippen LogP contribution is -2.57. The number of aromatic nitrogens is 3. The number of hydrogen-bond donors (Lipinski definition) is 9. The number of carbonyl (C=O) groups excluding carboxylic acids is 3. The van der Waals surface area contributed by atoms with Crippen molar-refractivity contribution in [1.82, 2.24) is 30.9 Å². The summed E-state index contributed by atoms with van der Waals surface area (Å²) in [4.78, 5) is 64.7. The van der Waals surface area contributed by atoms with Gasteiger partial charge in [0, 0.05) is 48.4 Å². The number of benzene rings is 1. The van der Waals surface area contributed by atoms with Gasteiger partial charge in [-0.1, -0.05) is 18.2 Å². The van der Waals surface area contributed by atoms with Crippen molar-refractivity contribution in [2.45, 2.75) is 56.8 Å². The van der Waals surface area contributed by atoms with Crippen LogP contribution in [-0.4, -0.2) is 80.4 Å². The van der Waals surface area contributed by atoms with E-state index in [0.29, 0.717) is 12.1 Å². The molecule has 0 spiro atoms. The maximum Gasteiger partial charge on any atom is 0.325 e. The highest BCUT2D eigenvalue weighted by Crippen LogP contribution is 2.19. The normalized spacial score (nSPS) is 13.9. The van der Waals surface area contributed by atoms with Crippen LogP contribution in [0.4, 0.5) is 0 Å². The fourth-order valence-corrected chi connectivity index (χ4v) is 4.15. The Kier molecular flexibility index (Phi) is 10.8. The molecule has 1 aromatic carbocycles. The van der Waals surface area contributed by atoms with Crippen LogP contribution in [-0.2, 0) is 32.0 Å². The first-order valence-corrected chi connectivity index (χ1v) is 13.0. The molecule has 4 unspecified atom stereocenters. The molecule has 2 aromatic heterocycles. The molecule has 0 aliphatic rings. The zero-order chi connectivity index (χ0) is 29.9. The van der Waals surface area contributed by atoms with E-state index in [9.17, 15) is 24.3 Å². The lowest BCUT2D eigenvalue weighted by atomic mass is 10.0. The van der Waals surface area contributed by atoms with Gasteiger partial charge in [0.1, 0.15) is 18.1 Å². The van der Waals surface area contributed by atoms with E-state index in [1.807, 2.05) is 24.3 Å². The average Bonchev–Trinajstić information content (AvgIpc) is 3.59. The van der Waals surface area contributed by atoms with Crippen molar-refractivity contribution in [3.8, 4) is 0 Å². The van der Waals surface area contributed by atoms with Crippen LogP contribution in [0.15, 0.2) is 48.0 Å². The number of rotatable bonds is 15. The number of carbonyl (C=O) groups is 4. The molecule has 220 valence electrons. The summed E-state index contributed by atoms with van der Waals surface area (Å²) in [6.07, 6.45) is 5.43. The Morgan fingerprint density at radius 2 is 1.71 bits per heavy atom. The Bertz CT molecular complexity index is 1370. The van der Waals surface area contributed by atoms with Gasteiger partial charge in [0.15, 0.2) is 5.96 Å². The topological polar surface area (TPSA) is 259 Å². The van der Waals surface area contributed by atoms with Gasteiger partial charge < -0.3 is 48.2 Å². The molecule has 3 rings (SSSR count).